The number of nitrogens with one attached hydrogen (secondary N) is 1. The van der Waals surface area contributed by atoms with Crippen LogP contribution in [0.3, 0.4) is 0 Å². The van der Waals surface area contributed by atoms with Gasteiger partial charge in [-0.15, -0.1) is 0 Å². The van der Waals surface area contributed by atoms with Gasteiger partial charge in [-0.1, -0.05) is 39.8 Å². The molecular weight excluding hydrogens is 246 g/mol. The molecule has 0 aromatic heterocycles. The second-order valence-electron chi connectivity index (χ2n) is 6.93. The van der Waals surface area contributed by atoms with E-state index < -0.39 is 0 Å². The molecule has 1 saturated carbocycles. The molecule has 0 radical (unpaired) electrons. The topological polar surface area (TPSA) is 21.3 Å². The standard InChI is InChI=1S/C18H29NO/c1-5-12-19-16-10-7-11-17(16)20-15-9-6-8-14(13-15)18(2,3)4/h6,8-9,13,16-17,19H,5,7,10-12H2,1-4H3. The molecule has 0 bridgehead atoms. The number of benzene rings is 1. The molecule has 1 N–H and O–H groups in total. The van der Waals surface area contributed by atoms with E-state index in [1.165, 1.54) is 31.2 Å². The molecule has 2 heteroatoms. The maximum atomic E-state index is 6.26. The molecule has 2 atom stereocenters. The van der Waals surface area contributed by atoms with Crippen LogP contribution in [0.1, 0.15) is 58.9 Å². The number of ether oxygens (including phenoxy) is 1. The summed E-state index contributed by atoms with van der Waals surface area (Å²) in [4.78, 5) is 0. The van der Waals surface area contributed by atoms with Crippen molar-refractivity contribution >= 4 is 0 Å². The van der Waals surface area contributed by atoms with Gasteiger partial charge in [0.25, 0.3) is 0 Å². The van der Waals surface area contributed by atoms with Crippen LogP contribution in [-0.4, -0.2) is 18.7 Å². The summed E-state index contributed by atoms with van der Waals surface area (Å²) in [7, 11) is 0. The Bertz CT molecular complexity index is 422. The molecule has 0 heterocycles. The summed E-state index contributed by atoms with van der Waals surface area (Å²) in [6, 6.07) is 9.11. The monoisotopic (exact) mass is 275 g/mol. The molecule has 0 aliphatic heterocycles. The first-order valence-electron chi connectivity index (χ1n) is 8.01. The minimum atomic E-state index is 0.176. The van der Waals surface area contributed by atoms with Gasteiger partial charge in [0.05, 0.1) is 0 Å². The lowest BCUT2D eigenvalue weighted by Gasteiger charge is -2.24. The van der Waals surface area contributed by atoms with Crippen molar-refractivity contribution in [3.8, 4) is 5.75 Å². The molecule has 112 valence electrons. The molecule has 2 unspecified atom stereocenters. The normalized spacial score (nSPS) is 23.0. The third-order valence-corrected chi connectivity index (χ3v) is 4.10. The van der Waals surface area contributed by atoms with Crippen molar-refractivity contribution in [3.63, 3.8) is 0 Å². The predicted octanol–water partition coefficient (Wildman–Crippen LogP) is 4.28. The smallest absolute Gasteiger partial charge is 0.120 e. The van der Waals surface area contributed by atoms with Gasteiger partial charge in [-0.05, 0) is 55.3 Å². The van der Waals surface area contributed by atoms with Crippen LogP contribution in [0.25, 0.3) is 0 Å². The van der Waals surface area contributed by atoms with Crippen LogP contribution < -0.4 is 10.1 Å². The molecule has 0 spiro atoms. The average molecular weight is 275 g/mol. The van der Waals surface area contributed by atoms with Crippen LogP contribution in [0.15, 0.2) is 24.3 Å². The first-order chi connectivity index (χ1) is 9.50. The third kappa shape index (κ3) is 3.99. The Morgan fingerprint density at radius 1 is 1.25 bits per heavy atom. The van der Waals surface area contributed by atoms with Crippen molar-refractivity contribution < 1.29 is 4.74 Å². The van der Waals surface area contributed by atoms with Gasteiger partial charge in [0.15, 0.2) is 0 Å². The lowest BCUT2D eigenvalue weighted by molar-refractivity contribution is 0.174. The average Bonchev–Trinajstić information content (AvgIpc) is 2.83. The van der Waals surface area contributed by atoms with E-state index in [4.69, 9.17) is 4.74 Å². The van der Waals surface area contributed by atoms with Crippen LogP contribution in [-0.2, 0) is 5.41 Å². The van der Waals surface area contributed by atoms with Gasteiger partial charge in [-0.25, -0.2) is 0 Å². The van der Waals surface area contributed by atoms with Crippen molar-refractivity contribution in [2.45, 2.75) is 70.9 Å². The Balaban J connectivity index is 2.02. The van der Waals surface area contributed by atoms with Crippen molar-refractivity contribution in [3.05, 3.63) is 29.8 Å². The Labute approximate surface area is 123 Å². The van der Waals surface area contributed by atoms with E-state index in [1.54, 1.807) is 0 Å². The number of hydrogen-bond acceptors (Lipinski definition) is 2. The van der Waals surface area contributed by atoms with Crippen LogP contribution in [0.5, 0.6) is 5.75 Å². The Hall–Kier alpha value is -1.02. The zero-order chi connectivity index (χ0) is 14.6. The molecular formula is C18H29NO. The second-order valence-corrected chi connectivity index (χ2v) is 6.93. The van der Waals surface area contributed by atoms with Crippen molar-refractivity contribution in [1.82, 2.24) is 5.32 Å². The van der Waals surface area contributed by atoms with Crippen LogP contribution >= 0.6 is 0 Å². The van der Waals surface area contributed by atoms with Gasteiger partial charge >= 0.3 is 0 Å². The highest BCUT2D eigenvalue weighted by molar-refractivity contribution is 5.32. The fourth-order valence-corrected chi connectivity index (χ4v) is 2.84. The highest BCUT2D eigenvalue weighted by atomic mass is 16.5. The van der Waals surface area contributed by atoms with E-state index in [9.17, 15) is 0 Å². The van der Waals surface area contributed by atoms with Gasteiger partial charge < -0.3 is 10.1 Å². The Morgan fingerprint density at radius 3 is 2.75 bits per heavy atom. The molecule has 1 aliphatic carbocycles. The van der Waals surface area contributed by atoms with E-state index in [0.29, 0.717) is 12.1 Å². The van der Waals surface area contributed by atoms with Crippen LogP contribution in [0.4, 0.5) is 0 Å². The highest BCUT2D eigenvalue weighted by Crippen LogP contribution is 2.29. The lowest BCUT2D eigenvalue weighted by atomic mass is 9.87. The highest BCUT2D eigenvalue weighted by Gasteiger charge is 2.28. The van der Waals surface area contributed by atoms with Gasteiger partial charge in [-0.2, -0.15) is 0 Å². The summed E-state index contributed by atoms with van der Waals surface area (Å²) in [5, 5.41) is 3.62. The summed E-state index contributed by atoms with van der Waals surface area (Å²) in [5.41, 5.74) is 1.51. The molecule has 0 amide bonds. The fourth-order valence-electron chi connectivity index (χ4n) is 2.84. The summed E-state index contributed by atoms with van der Waals surface area (Å²) in [6.45, 7) is 10.0. The van der Waals surface area contributed by atoms with E-state index in [0.717, 1.165) is 12.3 Å². The molecule has 1 aliphatic rings. The van der Waals surface area contributed by atoms with Gasteiger partial charge in [0.2, 0.25) is 0 Å². The minimum Gasteiger partial charge on any atom is -0.489 e. The van der Waals surface area contributed by atoms with Crippen molar-refractivity contribution in [1.29, 1.82) is 0 Å². The molecule has 20 heavy (non-hydrogen) atoms. The molecule has 1 aromatic carbocycles. The Morgan fingerprint density at radius 2 is 2.05 bits per heavy atom. The summed E-state index contributed by atoms with van der Waals surface area (Å²) >= 11 is 0. The summed E-state index contributed by atoms with van der Waals surface area (Å²) in [6.07, 6.45) is 5.19. The van der Waals surface area contributed by atoms with E-state index in [-0.39, 0.29) is 5.41 Å². The fraction of sp³-hybridized carbons (Fsp3) is 0.667. The minimum absolute atomic E-state index is 0.176. The van der Waals surface area contributed by atoms with E-state index in [1.807, 2.05) is 0 Å². The maximum Gasteiger partial charge on any atom is 0.120 e. The van der Waals surface area contributed by atoms with E-state index >= 15 is 0 Å². The van der Waals surface area contributed by atoms with Gasteiger partial charge in [-0.3, -0.25) is 0 Å². The second kappa shape index (κ2) is 6.62. The third-order valence-electron chi connectivity index (χ3n) is 4.10. The molecule has 1 fully saturated rings. The lowest BCUT2D eigenvalue weighted by Crippen LogP contribution is -2.39. The first kappa shape index (κ1) is 15.4. The molecule has 2 nitrogen and oxygen atoms in total. The Kier molecular flexibility index (Phi) is 5.09. The molecule has 0 saturated heterocycles. The van der Waals surface area contributed by atoms with Gasteiger partial charge in [0.1, 0.15) is 11.9 Å². The number of rotatable bonds is 5. The van der Waals surface area contributed by atoms with Crippen LogP contribution in [0, 0.1) is 0 Å². The van der Waals surface area contributed by atoms with Crippen LogP contribution in [0.2, 0.25) is 0 Å². The van der Waals surface area contributed by atoms with E-state index in [2.05, 4.69) is 57.3 Å². The first-order valence-corrected chi connectivity index (χ1v) is 8.01. The largest absolute Gasteiger partial charge is 0.489 e. The SMILES string of the molecule is CCCNC1CCCC1Oc1cccc(C(C)(C)C)c1. The van der Waals surface area contributed by atoms with Gasteiger partial charge in [0, 0.05) is 6.04 Å². The predicted molar refractivity (Wildman–Crippen MR) is 85.5 cm³/mol. The quantitative estimate of drug-likeness (QED) is 0.866. The zero-order valence-electron chi connectivity index (χ0n) is 13.4. The molecule has 1 aromatic rings. The van der Waals surface area contributed by atoms with Crippen molar-refractivity contribution in [2.24, 2.45) is 0 Å². The zero-order valence-corrected chi connectivity index (χ0v) is 13.4. The summed E-state index contributed by atoms with van der Waals surface area (Å²) < 4.78 is 6.26. The molecule has 2 rings (SSSR count). The number of hydrogen-bond donors (Lipinski definition) is 1. The summed E-state index contributed by atoms with van der Waals surface area (Å²) in [5.74, 6) is 1.02. The maximum absolute atomic E-state index is 6.26. The van der Waals surface area contributed by atoms with Crippen molar-refractivity contribution in [2.75, 3.05) is 6.54 Å².